The van der Waals surface area contributed by atoms with E-state index in [9.17, 15) is 5.11 Å². The molecule has 126 valence electrons. The second kappa shape index (κ2) is 6.64. The van der Waals surface area contributed by atoms with E-state index in [2.05, 4.69) is 10.2 Å². The van der Waals surface area contributed by atoms with Gasteiger partial charge in [0.15, 0.2) is 0 Å². The van der Waals surface area contributed by atoms with Gasteiger partial charge in [0.1, 0.15) is 17.1 Å². The van der Waals surface area contributed by atoms with Crippen molar-refractivity contribution in [2.75, 3.05) is 7.11 Å². The number of hydrogen-bond donors (Lipinski definition) is 1. The van der Waals surface area contributed by atoms with Crippen LogP contribution in [0.3, 0.4) is 0 Å². The summed E-state index contributed by atoms with van der Waals surface area (Å²) in [4.78, 5) is 0. The van der Waals surface area contributed by atoms with Gasteiger partial charge in [0.25, 0.3) is 9.68 Å². The van der Waals surface area contributed by atoms with E-state index in [1.165, 1.54) is 6.08 Å². The molecular weight excluding hydrogens is 379 g/mol. The maximum Gasteiger partial charge on any atom is 0.268 e. The van der Waals surface area contributed by atoms with Gasteiger partial charge in [-0.2, -0.15) is 0 Å². The van der Waals surface area contributed by atoms with Crippen LogP contribution in [0.4, 0.5) is 0 Å². The summed E-state index contributed by atoms with van der Waals surface area (Å²) in [5, 5.41) is 17.6. The van der Waals surface area contributed by atoms with Crippen LogP contribution in [0.5, 0.6) is 5.75 Å². The average molecular weight is 390 g/mol. The number of alkyl halides is 3. The Morgan fingerprint density at radius 1 is 1.17 bits per heavy atom. The standard InChI is InChI=1S/C15H11Cl3N2O4/c1-22-11-5-8-4-10(23-12(8)6-9(11)7-21)2-3-13-19-20-14(24-13)15(16,17)18/h2-6,21H,7H2,1H3. The fourth-order valence-corrected chi connectivity index (χ4v) is 2.32. The Bertz CT molecular complexity index is 855. The highest BCUT2D eigenvalue weighted by Crippen LogP contribution is 2.37. The lowest BCUT2D eigenvalue weighted by molar-refractivity contribution is 0.274. The van der Waals surface area contributed by atoms with Crippen LogP contribution >= 0.6 is 34.8 Å². The summed E-state index contributed by atoms with van der Waals surface area (Å²) in [5.74, 6) is 1.20. The van der Waals surface area contributed by atoms with Gasteiger partial charge in [0.05, 0.1) is 13.7 Å². The van der Waals surface area contributed by atoms with Gasteiger partial charge >= 0.3 is 0 Å². The third-order valence-corrected chi connectivity index (χ3v) is 3.67. The molecule has 24 heavy (non-hydrogen) atoms. The van der Waals surface area contributed by atoms with E-state index < -0.39 is 3.79 Å². The van der Waals surface area contributed by atoms with Gasteiger partial charge in [-0.15, -0.1) is 10.2 Å². The topological polar surface area (TPSA) is 81.5 Å². The molecule has 9 heteroatoms. The van der Waals surface area contributed by atoms with Gasteiger partial charge in [-0.05, 0) is 24.3 Å². The van der Waals surface area contributed by atoms with Crippen molar-refractivity contribution >= 4 is 57.9 Å². The van der Waals surface area contributed by atoms with Crippen LogP contribution in [0.1, 0.15) is 23.1 Å². The number of fused-ring (bicyclic) bond motifs is 1. The molecule has 6 nitrogen and oxygen atoms in total. The van der Waals surface area contributed by atoms with Crippen LogP contribution in [0.2, 0.25) is 0 Å². The number of methoxy groups -OCH3 is 1. The van der Waals surface area contributed by atoms with Crippen LogP contribution in [0.25, 0.3) is 23.1 Å². The van der Waals surface area contributed by atoms with E-state index in [0.717, 1.165) is 5.39 Å². The highest BCUT2D eigenvalue weighted by Gasteiger charge is 2.29. The van der Waals surface area contributed by atoms with Crippen molar-refractivity contribution in [3.05, 3.63) is 41.3 Å². The molecule has 0 spiro atoms. The molecule has 3 rings (SSSR count). The fraction of sp³-hybridized carbons (Fsp3) is 0.200. The molecule has 2 aromatic heterocycles. The summed E-state index contributed by atoms with van der Waals surface area (Å²) in [6.45, 7) is -0.146. The van der Waals surface area contributed by atoms with Crippen molar-refractivity contribution in [1.82, 2.24) is 10.2 Å². The number of aromatic nitrogens is 2. The summed E-state index contributed by atoms with van der Waals surface area (Å²) >= 11 is 17.0. The van der Waals surface area contributed by atoms with Crippen molar-refractivity contribution in [2.24, 2.45) is 0 Å². The zero-order valence-corrected chi connectivity index (χ0v) is 14.6. The Hall–Kier alpha value is -1.73. The summed E-state index contributed by atoms with van der Waals surface area (Å²) in [6, 6.07) is 5.32. The molecule has 0 aliphatic carbocycles. The second-order valence-electron chi connectivity index (χ2n) is 4.79. The third-order valence-electron chi connectivity index (χ3n) is 3.18. The molecule has 0 bridgehead atoms. The minimum Gasteiger partial charge on any atom is -0.496 e. The number of benzene rings is 1. The molecule has 3 aromatic rings. The number of aliphatic hydroxyl groups is 1. The SMILES string of the molecule is COc1cc2cc(C=Cc3nnc(C(Cl)(Cl)Cl)o3)oc2cc1CO. The van der Waals surface area contributed by atoms with E-state index in [1.807, 2.05) is 6.07 Å². The van der Waals surface area contributed by atoms with Crippen molar-refractivity contribution < 1.29 is 18.7 Å². The zero-order valence-electron chi connectivity index (χ0n) is 12.3. The van der Waals surface area contributed by atoms with Gasteiger partial charge < -0.3 is 18.7 Å². The van der Waals surface area contributed by atoms with E-state index in [0.29, 0.717) is 22.7 Å². The van der Waals surface area contributed by atoms with Crippen molar-refractivity contribution in [1.29, 1.82) is 0 Å². The van der Waals surface area contributed by atoms with Crippen molar-refractivity contribution in [3.63, 3.8) is 0 Å². The largest absolute Gasteiger partial charge is 0.496 e. The first-order valence-electron chi connectivity index (χ1n) is 6.71. The fourth-order valence-electron chi connectivity index (χ4n) is 2.09. The minimum atomic E-state index is -1.77. The zero-order chi connectivity index (χ0) is 17.3. The number of hydrogen-bond acceptors (Lipinski definition) is 6. The lowest BCUT2D eigenvalue weighted by atomic mass is 10.1. The molecule has 0 atom stereocenters. The third kappa shape index (κ3) is 3.52. The number of aliphatic hydroxyl groups excluding tert-OH is 1. The molecule has 1 aromatic carbocycles. The number of ether oxygens (including phenoxy) is 1. The molecule has 0 radical (unpaired) electrons. The molecule has 0 aliphatic heterocycles. The van der Waals surface area contributed by atoms with Gasteiger partial charge in [-0.1, -0.05) is 34.8 Å². The molecule has 0 saturated heterocycles. The van der Waals surface area contributed by atoms with Crippen LogP contribution in [-0.4, -0.2) is 22.4 Å². The average Bonchev–Trinajstić information content (AvgIpc) is 3.17. The number of furan rings is 1. The molecule has 0 saturated carbocycles. The molecule has 1 N–H and O–H groups in total. The first kappa shape index (κ1) is 17.1. The summed E-state index contributed by atoms with van der Waals surface area (Å²) < 4.78 is 14.4. The van der Waals surface area contributed by atoms with Gasteiger partial charge in [0, 0.05) is 17.0 Å². The molecule has 0 aliphatic rings. The smallest absolute Gasteiger partial charge is 0.268 e. The molecule has 0 amide bonds. The predicted molar refractivity (Wildman–Crippen MR) is 91.2 cm³/mol. The summed E-state index contributed by atoms with van der Waals surface area (Å²) in [6.07, 6.45) is 3.18. The van der Waals surface area contributed by atoms with Gasteiger partial charge in [-0.3, -0.25) is 0 Å². The minimum absolute atomic E-state index is 0.117. The molecular formula is C15H11Cl3N2O4. The highest BCUT2D eigenvalue weighted by molar-refractivity contribution is 6.66. The maximum atomic E-state index is 9.34. The van der Waals surface area contributed by atoms with Gasteiger partial charge in [-0.25, -0.2) is 0 Å². The Balaban J connectivity index is 1.88. The van der Waals surface area contributed by atoms with Crippen LogP contribution < -0.4 is 4.74 Å². The summed E-state index contributed by atoms with van der Waals surface area (Å²) in [7, 11) is 1.54. The Labute approximate surface area is 151 Å². The lowest BCUT2D eigenvalue weighted by Gasteiger charge is -2.04. The normalized spacial score (nSPS) is 12.4. The number of halogens is 3. The van der Waals surface area contributed by atoms with Crippen LogP contribution in [0.15, 0.2) is 27.0 Å². The molecule has 0 unspecified atom stereocenters. The van der Waals surface area contributed by atoms with E-state index in [4.69, 9.17) is 48.4 Å². The summed E-state index contributed by atoms with van der Waals surface area (Å²) in [5.41, 5.74) is 1.26. The van der Waals surface area contributed by atoms with E-state index in [-0.39, 0.29) is 18.4 Å². The van der Waals surface area contributed by atoms with Crippen molar-refractivity contribution in [3.8, 4) is 5.75 Å². The maximum absolute atomic E-state index is 9.34. The highest BCUT2D eigenvalue weighted by atomic mass is 35.6. The lowest BCUT2D eigenvalue weighted by Crippen LogP contribution is -1.99. The number of nitrogens with zero attached hydrogens (tertiary/aromatic N) is 2. The van der Waals surface area contributed by atoms with Crippen molar-refractivity contribution in [2.45, 2.75) is 10.4 Å². The first-order valence-corrected chi connectivity index (χ1v) is 7.84. The van der Waals surface area contributed by atoms with Gasteiger partial charge in [0.2, 0.25) is 5.89 Å². The van der Waals surface area contributed by atoms with E-state index in [1.54, 1.807) is 25.3 Å². The van der Waals surface area contributed by atoms with Crippen LogP contribution in [0, 0.1) is 0 Å². The second-order valence-corrected chi connectivity index (χ2v) is 7.07. The quantitative estimate of drug-likeness (QED) is 0.669. The molecule has 2 heterocycles. The van der Waals surface area contributed by atoms with Crippen LogP contribution in [-0.2, 0) is 10.4 Å². The first-order chi connectivity index (χ1) is 11.4. The Morgan fingerprint density at radius 3 is 2.58 bits per heavy atom. The number of rotatable bonds is 4. The predicted octanol–water partition coefficient (Wildman–Crippen LogP) is 4.31. The Morgan fingerprint density at radius 2 is 1.96 bits per heavy atom. The van der Waals surface area contributed by atoms with E-state index >= 15 is 0 Å². The molecule has 0 fully saturated rings. The monoisotopic (exact) mass is 388 g/mol. The Kier molecular flexibility index (Phi) is 4.73.